The third-order valence-electron chi connectivity index (χ3n) is 4.55. The predicted molar refractivity (Wildman–Crippen MR) is 106 cm³/mol. The van der Waals surface area contributed by atoms with Crippen molar-refractivity contribution in [2.24, 2.45) is 0 Å². The van der Waals surface area contributed by atoms with Crippen LogP contribution in [0.5, 0.6) is 0 Å². The van der Waals surface area contributed by atoms with Crippen molar-refractivity contribution >= 4 is 46.4 Å². The summed E-state index contributed by atoms with van der Waals surface area (Å²) in [6, 6.07) is 10.3. The summed E-state index contributed by atoms with van der Waals surface area (Å²) in [6.07, 6.45) is 1.34. The summed E-state index contributed by atoms with van der Waals surface area (Å²) in [5, 5.41) is 5.65. The van der Waals surface area contributed by atoms with E-state index in [-0.39, 0.29) is 5.91 Å². The molecule has 0 unspecified atom stereocenters. The van der Waals surface area contributed by atoms with Gasteiger partial charge in [0.25, 0.3) is 0 Å². The monoisotopic (exact) mass is 385 g/mol. The lowest BCUT2D eigenvalue weighted by Gasteiger charge is -2.19. The second-order valence-electron chi connectivity index (χ2n) is 6.47. The molecule has 27 heavy (non-hydrogen) atoms. The Hall–Kier alpha value is -2.86. The van der Waals surface area contributed by atoms with E-state index in [1.165, 1.54) is 0 Å². The number of carbonyl (C=O) groups is 3. The Morgan fingerprint density at radius 2 is 1.81 bits per heavy atom. The topological polar surface area (TPSA) is 78.5 Å². The molecule has 2 aromatic rings. The first-order chi connectivity index (χ1) is 12.9. The third-order valence-corrected chi connectivity index (χ3v) is 4.96. The molecule has 0 spiro atoms. The number of rotatable bonds is 3. The molecule has 0 aliphatic carbocycles. The number of anilines is 3. The van der Waals surface area contributed by atoms with E-state index in [2.05, 4.69) is 10.6 Å². The molecular weight excluding hydrogens is 366 g/mol. The van der Waals surface area contributed by atoms with Crippen molar-refractivity contribution < 1.29 is 14.4 Å². The Bertz CT molecular complexity index is 927. The van der Waals surface area contributed by atoms with Crippen LogP contribution in [0.3, 0.4) is 0 Å². The Kier molecular flexibility index (Phi) is 5.46. The highest BCUT2D eigenvalue weighted by Crippen LogP contribution is 2.28. The molecular formula is C20H20ClN3O3. The summed E-state index contributed by atoms with van der Waals surface area (Å²) in [6.45, 7) is 4.32. The maximum atomic E-state index is 12.3. The van der Waals surface area contributed by atoms with Gasteiger partial charge in [-0.3, -0.25) is 14.4 Å². The normalized spacial score (nSPS) is 13.6. The van der Waals surface area contributed by atoms with Gasteiger partial charge in [-0.1, -0.05) is 23.7 Å². The minimum Gasteiger partial charge on any atom is -0.318 e. The molecule has 1 aliphatic rings. The Morgan fingerprint density at radius 3 is 2.52 bits per heavy atom. The average molecular weight is 386 g/mol. The van der Waals surface area contributed by atoms with Gasteiger partial charge in [0, 0.05) is 35.1 Å². The molecule has 2 aromatic carbocycles. The molecule has 0 saturated carbocycles. The van der Waals surface area contributed by atoms with Gasteiger partial charge in [-0.25, -0.2) is 0 Å². The van der Waals surface area contributed by atoms with E-state index in [1.807, 2.05) is 13.0 Å². The van der Waals surface area contributed by atoms with Crippen molar-refractivity contribution in [3.05, 3.63) is 52.5 Å². The Morgan fingerprint density at radius 1 is 1.07 bits per heavy atom. The van der Waals surface area contributed by atoms with E-state index >= 15 is 0 Å². The van der Waals surface area contributed by atoms with Crippen LogP contribution in [0.25, 0.3) is 0 Å². The van der Waals surface area contributed by atoms with Crippen molar-refractivity contribution in [3.8, 4) is 0 Å². The molecule has 0 bridgehead atoms. The van der Waals surface area contributed by atoms with Crippen LogP contribution in [0, 0.1) is 13.8 Å². The SMILES string of the molecule is Cc1ccc(NC(=O)C(=O)Nc2cccc(Cl)c2C)cc1N1CCCC1=O. The zero-order valence-corrected chi connectivity index (χ0v) is 15.9. The number of aryl methyl sites for hydroxylation is 1. The molecule has 0 radical (unpaired) electrons. The van der Waals surface area contributed by atoms with Crippen LogP contribution >= 0.6 is 11.6 Å². The van der Waals surface area contributed by atoms with Gasteiger partial charge >= 0.3 is 11.8 Å². The Balaban J connectivity index is 1.73. The highest BCUT2D eigenvalue weighted by Gasteiger charge is 2.24. The van der Waals surface area contributed by atoms with Gasteiger partial charge in [0.2, 0.25) is 5.91 Å². The highest BCUT2D eigenvalue weighted by molar-refractivity contribution is 6.44. The predicted octanol–water partition coefficient (Wildman–Crippen LogP) is 3.66. The average Bonchev–Trinajstić information content (AvgIpc) is 3.06. The van der Waals surface area contributed by atoms with Gasteiger partial charge < -0.3 is 15.5 Å². The fourth-order valence-corrected chi connectivity index (χ4v) is 3.17. The zero-order valence-electron chi connectivity index (χ0n) is 15.1. The molecule has 1 saturated heterocycles. The number of nitrogens with one attached hydrogen (secondary N) is 2. The zero-order chi connectivity index (χ0) is 19.6. The molecule has 140 valence electrons. The largest absolute Gasteiger partial charge is 0.318 e. The quantitative estimate of drug-likeness (QED) is 0.791. The molecule has 2 N–H and O–H groups in total. The maximum Gasteiger partial charge on any atom is 0.314 e. The number of carbonyl (C=O) groups excluding carboxylic acids is 3. The number of hydrogen-bond donors (Lipinski definition) is 2. The fraction of sp³-hybridized carbons (Fsp3) is 0.250. The summed E-state index contributed by atoms with van der Waals surface area (Å²) >= 11 is 6.03. The summed E-state index contributed by atoms with van der Waals surface area (Å²) in [4.78, 5) is 38.2. The van der Waals surface area contributed by atoms with Crippen LogP contribution in [-0.4, -0.2) is 24.3 Å². The number of nitrogens with zero attached hydrogens (tertiary/aromatic N) is 1. The summed E-state index contributed by atoms with van der Waals surface area (Å²) in [7, 11) is 0. The lowest BCUT2D eigenvalue weighted by molar-refractivity contribution is -0.133. The number of hydrogen-bond acceptors (Lipinski definition) is 3. The second kappa shape index (κ2) is 7.80. The minimum atomic E-state index is -0.795. The van der Waals surface area contributed by atoms with Crippen LogP contribution in [0.4, 0.5) is 17.1 Å². The third kappa shape index (κ3) is 4.11. The first kappa shape index (κ1) is 18.9. The lowest BCUT2D eigenvalue weighted by atomic mass is 10.1. The van der Waals surface area contributed by atoms with Crippen LogP contribution < -0.4 is 15.5 Å². The summed E-state index contributed by atoms with van der Waals surface area (Å²) < 4.78 is 0. The van der Waals surface area contributed by atoms with E-state index in [0.717, 1.165) is 17.7 Å². The van der Waals surface area contributed by atoms with Crippen LogP contribution in [0.2, 0.25) is 5.02 Å². The van der Waals surface area contributed by atoms with Crippen molar-refractivity contribution in [1.29, 1.82) is 0 Å². The number of amides is 3. The Labute approximate surface area is 162 Å². The van der Waals surface area contributed by atoms with E-state index < -0.39 is 11.8 Å². The van der Waals surface area contributed by atoms with E-state index in [1.54, 1.807) is 42.2 Å². The summed E-state index contributed by atoms with van der Waals surface area (Å²) in [5.41, 5.74) is 3.31. The molecule has 0 aromatic heterocycles. The van der Waals surface area contributed by atoms with E-state index in [0.29, 0.717) is 34.9 Å². The maximum absolute atomic E-state index is 12.3. The lowest BCUT2D eigenvalue weighted by Crippen LogP contribution is -2.29. The molecule has 0 atom stereocenters. The molecule has 7 heteroatoms. The fourth-order valence-electron chi connectivity index (χ4n) is 2.99. The molecule has 1 fully saturated rings. The minimum absolute atomic E-state index is 0.0655. The van der Waals surface area contributed by atoms with Gasteiger partial charge in [-0.05, 0) is 55.7 Å². The molecule has 3 amide bonds. The molecule has 6 nitrogen and oxygen atoms in total. The van der Waals surface area contributed by atoms with Gasteiger partial charge in [-0.15, -0.1) is 0 Å². The smallest absolute Gasteiger partial charge is 0.314 e. The molecule has 3 rings (SSSR count). The van der Waals surface area contributed by atoms with Gasteiger partial charge in [0.1, 0.15) is 0 Å². The van der Waals surface area contributed by atoms with Crippen molar-refractivity contribution in [2.75, 3.05) is 22.1 Å². The number of benzene rings is 2. The van der Waals surface area contributed by atoms with Crippen molar-refractivity contribution in [2.45, 2.75) is 26.7 Å². The molecule has 1 heterocycles. The van der Waals surface area contributed by atoms with Gasteiger partial charge in [-0.2, -0.15) is 0 Å². The van der Waals surface area contributed by atoms with Crippen LogP contribution in [0.15, 0.2) is 36.4 Å². The van der Waals surface area contributed by atoms with Crippen LogP contribution in [-0.2, 0) is 14.4 Å². The van der Waals surface area contributed by atoms with Crippen molar-refractivity contribution in [3.63, 3.8) is 0 Å². The first-order valence-electron chi connectivity index (χ1n) is 8.65. The summed E-state index contributed by atoms with van der Waals surface area (Å²) in [5.74, 6) is -1.52. The van der Waals surface area contributed by atoms with E-state index in [9.17, 15) is 14.4 Å². The molecule has 1 aliphatic heterocycles. The van der Waals surface area contributed by atoms with Gasteiger partial charge in [0.15, 0.2) is 0 Å². The second-order valence-corrected chi connectivity index (χ2v) is 6.88. The number of halogens is 1. The van der Waals surface area contributed by atoms with Crippen LogP contribution in [0.1, 0.15) is 24.0 Å². The van der Waals surface area contributed by atoms with Gasteiger partial charge in [0.05, 0.1) is 0 Å². The standard InChI is InChI=1S/C20H20ClN3O3/c1-12-8-9-14(11-17(12)24-10-4-7-18(24)25)22-19(26)20(27)23-16-6-3-5-15(21)13(16)2/h3,5-6,8-9,11H,4,7,10H2,1-2H3,(H,22,26)(H,23,27). The highest BCUT2D eigenvalue weighted by atomic mass is 35.5. The first-order valence-corrected chi connectivity index (χ1v) is 9.03. The van der Waals surface area contributed by atoms with Crippen molar-refractivity contribution in [1.82, 2.24) is 0 Å². The van der Waals surface area contributed by atoms with E-state index in [4.69, 9.17) is 11.6 Å².